The van der Waals surface area contributed by atoms with Gasteiger partial charge in [0, 0.05) is 4.90 Å². The molecule has 0 spiro atoms. The predicted molar refractivity (Wildman–Crippen MR) is 56.0 cm³/mol. The molecule has 0 saturated heterocycles. The van der Waals surface area contributed by atoms with E-state index >= 15 is 0 Å². The Balaban J connectivity index is 2.84. The lowest BCUT2D eigenvalue weighted by atomic mass is 10.3. The fraction of sp³-hybridized carbons (Fsp3) is 0.222. The topological polar surface area (TPSA) is 55.1 Å². The highest BCUT2D eigenvalue weighted by Crippen LogP contribution is 2.26. The van der Waals surface area contributed by atoms with E-state index in [4.69, 9.17) is 5.73 Å². The molecule has 3 nitrogen and oxygen atoms in total. The van der Waals surface area contributed by atoms with Crippen LogP contribution in [0, 0.1) is 0 Å². The fourth-order valence-electron chi connectivity index (χ4n) is 0.984. The highest BCUT2D eigenvalue weighted by Gasteiger charge is 2.01. The van der Waals surface area contributed by atoms with Gasteiger partial charge in [0.2, 0.25) is 0 Å². The van der Waals surface area contributed by atoms with Crippen molar-refractivity contribution in [1.82, 2.24) is 0 Å². The summed E-state index contributed by atoms with van der Waals surface area (Å²) in [6.45, 7) is 2.06. The number of anilines is 1. The van der Waals surface area contributed by atoms with Crippen LogP contribution < -0.4 is 11.1 Å². The van der Waals surface area contributed by atoms with Crippen LogP contribution in [-0.2, 0) is 0 Å². The standard InChI is InChI=1S/C9H12N2OS/c1-2-13-8-6-4-3-5-7(8)11-9(10)12/h3-6H,2H2,1H3,(H3,10,11,12). The average Bonchev–Trinajstić information content (AvgIpc) is 2.08. The number of rotatable bonds is 3. The molecule has 1 rings (SSSR count). The Morgan fingerprint density at radius 2 is 2.23 bits per heavy atom. The van der Waals surface area contributed by atoms with Crippen molar-refractivity contribution in [3.8, 4) is 0 Å². The highest BCUT2D eigenvalue weighted by molar-refractivity contribution is 7.99. The van der Waals surface area contributed by atoms with E-state index in [1.54, 1.807) is 11.8 Å². The number of thioether (sulfide) groups is 1. The molecule has 2 amide bonds. The summed E-state index contributed by atoms with van der Waals surface area (Å²) in [6.07, 6.45) is 0. The molecule has 0 saturated carbocycles. The first-order valence-corrected chi connectivity index (χ1v) is 5.01. The maximum absolute atomic E-state index is 10.6. The lowest BCUT2D eigenvalue weighted by molar-refractivity contribution is 0.259. The molecular weight excluding hydrogens is 184 g/mol. The molecule has 0 unspecified atom stereocenters. The third-order valence-electron chi connectivity index (χ3n) is 1.44. The van der Waals surface area contributed by atoms with E-state index in [1.807, 2.05) is 24.3 Å². The van der Waals surface area contributed by atoms with Crippen molar-refractivity contribution >= 4 is 23.5 Å². The number of hydrogen-bond acceptors (Lipinski definition) is 2. The molecule has 0 aromatic heterocycles. The Morgan fingerprint density at radius 3 is 2.85 bits per heavy atom. The monoisotopic (exact) mass is 196 g/mol. The van der Waals surface area contributed by atoms with Crippen molar-refractivity contribution in [2.45, 2.75) is 11.8 Å². The number of carbonyl (C=O) groups excluding carboxylic acids is 1. The molecule has 13 heavy (non-hydrogen) atoms. The van der Waals surface area contributed by atoms with Gasteiger partial charge in [0.15, 0.2) is 0 Å². The lowest BCUT2D eigenvalue weighted by Gasteiger charge is -2.07. The van der Waals surface area contributed by atoms with Gasteiger partial charge in [-0.25, -0.2) is 4.79 Å². The van der Waals surface area contributed by atoms with Crippen LogP contribution in [0.3, 0.4) is 0 Å². The van der Waals surface area contributed by atoms with Crippen LogP contribution >= 0.6 is 11.8 Å². The summed E-state index contributed by atoms with van der Waals surface area (Å²) in [5.74, 6) is 0.970. The summed E-state index contributed by atoms with van der Waals surface area (Å²) in [6, 6.07) is 7.07. The summed E-state index contributed by atoms with van der Waals surface area (Å²) in [5.41, 5.74) is 5.81. The van der Waals surface area contributed by atoms with Crippen LogP contribution in [0.5, 0.6) is 0 Å². The van der Waals surface area contributed by atoms with E-state index in [9.17, 15) is 4.79 Å². The molecule has 0 heterocycles. The minimum absolute atomic E-state index is 0.524. The Bertz CT molecular complexity index is 301. The SMILES string of the molecule is CCSc1ccccc1NC(N)=O. The van der Waals surface area contributed by atoms with Crippen molar-refractivity contribution in [3.63, 3.8) is 0 Å². The molecule has 0 aliphatic carbocycles. The molecule has 0 atom stereocenters. The Morgan fingerprint density at radius 1 is 1.54 bits per heavy atom. The number of primary amides is 1. The number of hydrogen-bond donors (Lipinski definition) is 2. The van der Waals surface area contributed by atoms with Gasteiger partial charge in [-0.2, -0.15) is 0 Å². The van der Waals surface area contributed by atoms with Crippen molar-refractivity contribution < 1.29 is 4.79 Å². The van der Waals surface area contributed by atoms with E-state index in [-0.39, 0.29) is 0 Å². The molecule has 0 radical (unpaired) electrons. The maximum atomic E-state index is 10.6. The number of para-hydroxylation sites is 1. The number of benzene rings is 1. The third kappa shape index (κ3) is 2.99. The maximum Gasteiger partial charge on any atom is 0.316 e. The van der Waals surface area contributed by atoms with Crippen LogP contribution in [0.1, 0.15) is 6.92 Å². The van der Waals surface area contributed by atoms with E-state index in [0.29, 0.717) is 0 Å². The smallest absolute Gasteiger partial charge is 0.316 e. The molecule has 1 aromatic carbocycles. The van der Waals surface area contributed by atoms with Crippen molar-refractivity contribution in [3.05, 3.63) is 24.3 Å². The van der Waals surface area contributed by atoms with Gasteiger partial charge in [0.05, 0.1) is 5.69 Å². The minimum atomic E-state index is -0.524. The molecule has 0 fully saturated rings. The summed E-state index contributed by atoms with van der Waals surface area (Å²) < 4.78 is 0. The van der Waals surface area contributed by atoms with Gasteiger partial charge in [-0.1, -0.05) is 19.1 Å². The average molecular weight is 196 g/mol. The molecule has 0 bridgehead atoms. The first kappa shape index (κ1) is 9.92. The van der Waals surface area contributed by atoms with Crippen molar-refractivity contribution in [1.29, 1.82) is 0 Å². The molecule has 3 N–H and O–H groups in total. The van der Waals surface area contributed by atoms with E-state index in [0.717, 1.165) is 16.3 Å². The number of nitrogens with two attached hydrogens (primary N) is 1. The lowest BCUT2D eigenvalue weighted by Crippen LogP contribution is -2.19. The van der Waals surface area contributed by atoms with Crippen LogP contribution in [0.4, 0.5) is 10.5 Å². The Labute approximate surface area is 81.7 Å². The van der Waals surface area contributed by atoms with Crippen LogP contribution in [0.2, 0.25) is 0 Å². The quantitative estimate of drug-likeness (QED) is 0.729. The van der Waals surface area contributed by atoms with Crippen LogP contribution in [0.15, 0.2) is 29.2 Å². The molecule has 0 aliphatic heterocycles. The number of amides is 2. The van der Waals surface area contributed by atoms with Gasteiger partial charge in [-0.05, 0) is 17.9 Å². The van der Waals surface area contributed by atoms with E-state index in [1.165, 1.54) is 0 Å². The van der Waals surface area contributed by atoms with Gasteiger partial charge in [-0.3, -0.25) is 0 Å². The van der Waals surface area contributed by atoms with Crippen LogP contribution in [0.25, 0.3) is 0 Å². The van der Waals surface area contributed by atoms with Gasteiger partial charge in [0.1, 0.15) is 0 Å². The fourth-order valence-corrected chi connectivity index (χ4v) is 1.74. The third-order valence-corrected chi connectivity index (χ3v) is 2.40. The van der Waals surface area contributed by atoms with Gasteiger partial charge < -0.3 is 11.1 Å². The number of urea groups is 1. The Hall–Kier alpha value is -1.16. The number of carbonyl (C=O) groups is 1. The largest absolute Gasteiger partial charge is 0.351 e. The molecule has 4 heteroatoms. The van der Waals surface area contributed by atoms with E-state index in [2.05, 4.69) is 12.2 Å². The molecule has 1 aromatic rings. The van der Waals surface area contributed by atoms with Gasteiger partial charge in [-0.15, -0.1) is 11.8 Å². The first-order chi connectivity index (χ1) is 6.24. The second-order valence-electron chi connectivity index (χ2n) is 2.42. The molecule has 0 aliphatic rings. The highest BCUT2D eigenvalue weighted by atomic mass is 32.2. The molecular formula is C9H12N2OS. The first-order valence-electron chi connectivity index (χ1n) is 4.02. The summed E-state index contributed by atoms with van der Waals surface area (Å²) in [5, 5.41) is 2.58. The van der Waals surface area contributed by atoms with Crippen LogP contribution in [-0.4, -0.2) is 11.8 Å². The zero-order valence-electron chi connectivity index (χ0n) is 7.41. The molecule has 70 valence electrons. The zero-order valence-corrected chi connectivity index (χ0v) is 8.23. The van der Waals surface area contributed by atoms with Crippen molar-refractivity contribution in [2.75, 3.05) is 11.1 Å². The summed E-state index contributed by atoms with van der Waals surface area (Å²) >= 11 is 1.67. The second kappa shape index (κ2) is 4.77. The minimum Gasteiger partial charge on any atom is -0.351 e. The van der Waals surface area contributed by atoms with Gasteiger partial charge >= 0.3 is 6.03 Å². The predicted octanol–water partition coefficient (Wildman–Crippen LogP) is 2.29. The summed E-state index contributed by atoms with van der Waals surface area (Å²) in [4.78, 5) is 11.7. The normalized spacial score (nSPS) is 9.62. The second-order valence-corrected chi connectivity index (χ2v) is 3.72. The van der Waals surface area contributed by atoms with E-state index < -0.39 is 6.03 Å². The number of nitrogens with one attached hydrogen (secondary N) is 1. The summed E-state index contributed by atoms with van der Waals surface area (Å²) in [7, 11) is 0. The van der Waals surface area contributed by atoms with Crippen molar-refractivity contribution in [2.24, 2.45) is 5.73 Å². The Kier molecular flexibility index (Phi) is 3.64. The zero-order chi connectivity index (χ0) is 9.68. The van der Waals surface area contributed by atoms with Gasteiger partial charge in [0.25, 0.3) is 0 Å².